The first kappa shape index (κ1) is 27.5. The van der Waals surface area contributed by atoms with Crippen LogP contribution in [0, 0.1) is 13.8 Å². The Morgan fingerprint density at radius 1 is 1.14 bits per heavy atom. The number of pyridine rings is 1. The molecule has 3 rings (SSSR count). The van der Waals surface area contributed by atoms with E-state index in [9.17, 15) is 4.79 Å². The first-order valence-corrected chi connectivity index (χ1v) is 13.7. The van der Waals surface area contributed by atoms with Crippen LogP contribution in [0.1, 0.15) is 79.4 Å². The number of carbonyl (C=O) groups excluding carboxylic acids is 1. The first-order chi connectivity index (χ1) is 17.0. The van der Waals surface area contributed by atoms with Crippen molar-refractivity contribution in [3.63, 3.8) is 0 Å². The Morgan fingerprint density at radius 3 is 2.49 bits per heavy atom. The summed E-state index contributed by atoms with van der Waals surface area (Å²) in [5.74, 6) is 1.61. The lowest BCUT2D eigenvalue weighted by molar-refractivity contribution is -0.151. The summed E-state index contributed by atoms with van der Waals surface area (Å²) in [6, 6.07) is 8.09. The molecule has 2 aromatic rings. The second kappa shape index (κ2) is 13.8. The molecule has 1 aromatic carbocycles. The van der Waals surface area contributed by atoms with Crippen LogP contribution in [0.4, 0.5) is 0 Å². The van der Waals surface area contributed by atoms with Gasteiger partial charge < -0.3 is 18.9 Å². The average Bonchev–Trinajstić information content (AvgIpc) is 2.85. The standard InChI is InChI=1S/C28H38BrNO5/c1-5-33-28(31)26(13-14-29)35-23-15-19(2)24(20(3)16-23)17-22-11-12-25(34-18-32-4)27(30-22)21-9-7-6-8-10-21/h11-12,15-16,21,26H,5-10,13-14,17-18H2,1-4H3. The van der Waals surface area contributed by atoms with E-state index < -0.39 is 6.10 Å². The third kappa shape index (κ3) is 7.68. The van der Waals surface area contributed by atoms with Gasteiger partial charge in [-0.05, 0) is 74.6 Å². The van der Waals surface area contributed by atoms with Gasteiger partial charge in [0.25, 0.3) is 0 Å². The Morgan fingerprint density at radius 2 is 1.86 bits per heavy atom. The minimum absolute atomic E-state index is 0.225. The van der Waals surface area contributed by atoms with Crippen LogP contribution in [0.2, 0.25) is 0 Å². The van der Waals surface area contributed by atoms with Crippen LogP contribution in [0.3, 0.4) is 0 Å². The summed E-state index contributed by atoms with van der Waals surface area (Å²) in [6.07, 6.45) is 6.72. The van der Waals surface area contributed by atoms with Crippen molar-refractivity contribution in [2.75, 3.05) is 25.8 Å². The van der Waals surface area contributed by atoms with E-state index >= 15 is 0 Å². The fourth-order valence-corrected chi connectivity index (χ4v) is 5.14. The molecule has 0 aliphatic heterocycles. The van der Waals surface area contributed by atoms with Gasteiger partial charge in [0.15, 0.2) is 12.9 Å². The van der Waals surface area contributed by atoms with Gasteiger partial charge in [0.2, 0.25) is 0 Å². The summed E-state index contributed by atoms with van der Waals surface area (Å²) in [6.45, 7) is 6.52. The number of ether oxygens (including phenoxy) is 4. The summed E-state index contributed by atoms with van der Waals surface area (Å²) >= 11 is 3.40. The molecule has 0 amide bonds. The number of hydrogen-bond donors (Lipinski definition) is 0. The number of rotatable bonds is 12. The fourth-order valence-electron chi connectivity index (χ4n) is 4.72. The van der Waals surface area contributed by atoms with E-state index in [-0.39, 0.29) is 12.8 Å². The number of carbonyl (C=O) groups is 1. The predicted octanol–water partition coefficient (Wildman–Crippen LogP) is 6.42. The maximum atomic E-state index is 12.3. The van der Waals surface area contributed by atoms with Crippen LogP contribution >= 0.6 is 15.9 Å². The van der Waals surface area contributed by atoms with E-state index in [1.165, 1.54) is 24.8 Å². The Bertz CT molecular complexity index is 951. The zero-order valence-electron chi connectivity index (χ0n) is 21.4. The van der Waals surface area contributed by atoms with Crippen LogP contribution < -0.4 is 9.47 Å². The highest BCUT2D eigenvalue weighted by atomic mass is 79.9. The molecule has 0 N–H and O–H groups in total. The molecule has 1 saturated carbocycles. The van der Waals surface area contributed by atoms with Gasteiger partial charge in [0.05, 0.1) is 12.3 Å². The number of aryl methyl sites for hydroxylation is 2. The van der Waals surface area contributed by atoms with Crippen LogP contribution in [0.15, 0.2) is 24.3 Å². The molecule has 1 atom stereocenters. The highest BCUT2D eigenvalue weighted by Gasteiger charge is 2.23. The molecule has 6 nitrogen and oxygen atoms in total. The number of nitrogens with zero attached hydrogens (tertiary/aromatic N) is 1. The largest absolute Gasteiger partial charge is 0.479 e. The number of benzene rings is 1. The maximum Gasteiger partial charge on any atom is 0.347 e. The third-order valence-electron chi connectivity index (χ3n) is 6.49. The molecule has 192 valence electrons. The smallest absolute Gasteiger partial charge is 0.347 e. The van der Waals surface area contributed by atoms with Gasteiger partial charge in [0, 0.05) is 36.9 Å². The lowest BCUT2D eigenvalue weighted by Crippen LogP contribution is -2.30. The molecule has 1 aromatic heterocycles. The summed E-state index contributed by atoms with van der Waals surface area (Å²) in [7, 11) is 1.63. The highest BCUT2D eigenvalue weighted by Crippen LogP contribution is 2.37. The third-order valence-corrected chi connectivity index (χ3v) is 6.95. The van der Waals surface area contributed by atoms with Gasteiger partial charge in [-0.25, -0.2) is 4.79 Å². The Balaban J connectivity index is 1.82. The van der Waals surface area contributed by atoms with Crippen molar-refractivity contribution in [2.45, 2.75) is 77.7 Å². The number of aromatic nitrogens is 1. The van der Waals surface area contributed by atoms with Crippen LogP contribution in [0.5, 0.6) is 11.5 Å². The molecule has 0 saturated heterocycles. The van der Waals surface area contributed by atoms with Crippen molar-refractivity contribution in [3.8, 4) is 11.5 Å². The minimum atomic E-state index is -0.627. The van der Waals surface area contributed by atoms with Crippen molar-refractivity contribution in [1.29, 1.82) is 0 Å². The van der Waals surface area contributed by atoms with Crippen LogP contribution in [-0.2, 0) is 20.7 Å². The van der Waals surface area contributed by atoms with Gasteiger partial charge >= 0.3 is 5.97 Å². The number of esters is 1. The van der Waals surface area contributed by atoms with E-state index in [2.05, 4.69) is 29.8 Å². The lowest BCUT2D eigenvalue weighted by Gasteiger charge is -2.24. The van der Waals surface area contributed by atoms with Gasteiger partial charge in [0.1, 0.15) is 11.5 Å². The first-order valence-electron chi connectivity index (χ1n) is 12.6. The quantitative estimate of drug-likeness (QED) is 0.173. The van der Waals surface area contributed by atoms with E-state index in [0.29, 0.717) is 30.0 Å². The summed E-state index contributed by atoms with van der Waals surface area (Å²) in [5.41, 5.74) is 5.53. The highest BCUT2D eigenvalue weighted by molar-refractivity contribution is 9.09. The molecule has 35 heavy (non-hydrogen) atoms. The van der Waals surface area contributed by atoms with Crippen molar-refractivity contribution in [2.24, 2.45) is 0 Å². The van der Waals surface area contributed by atoms with Gasteiger partial charge in [-0.1, -0.05) is 35.2 Å². The van der Waals surface area contributed by atoms with Gasteiger partial charge in [-0.2, -0.15) is 0 Å². The topological polar surface area (TPSA) is 66.9 Å². The number of halogens is 1. The van der Waals surface area contributed by atoms with E-state index in [1.54, 1.807) is 14.0 Å². The summed E-state index contributed by atoms with van der Waals surface area (Å²) < 4.78 is 22.2. The molecule has 7 heteroatoms. The molecule has 1 unspecified atom stereocenters. The zero-order chi connectivity index (χ0) is 25.2. The SMILES string of the molecule is CCOC(=O)C(CCBr)Oc1cc(C)c(Cc2ccc(OCOC)c(C3CCCCC3)n2)c(C)c1. The van der Waals surface area contributed by atoms with Gasteiger partial charge in [-0.15, -0.1) is 0 Å². The van der Waals surface area contributed by atoms with E-state index in [0.717, 1.165) is 47.5 Å². The van der Waals surface area contributed by atoms with Crippen molar-refractivity contribution in [3.05, 3.63) is 52.3 Å². The molecule has 0 spiro atoms. The fraction of sp³-hybridized carbons (Fsp3) is 0.571. The summed E-state index contributed by atoms with van der Waals surface area (Å²) in [5, 5.41) is 0.658. The van der Waals surface area contributed by atoms with E-state index in [1.807, 2.05) is 24.3 Å². The minimum Gasteiger partial charge on any atom is -0.479 e. The molecule has 1 aliphatic rings. The number of hydrogen-bond acceptors (Lipinski definition) is 6. The predicted molar refractivity (Wildman–Crippen MR) is 141 cm³/mol. The molecule has 0 radical (unpaired) electrons. The molecule has 0 bridgehead atoms. The number of alkyl halides is 1. The van der Waals surface area contributed by atoms with Crippen LogP contribution in [-0.4, -0.2) is 42.9 Å². The molecule has 1 heterocycles. The lowest BCUT2D eigenvalue weighted by atomic mass is 9.86. The Labute approximate surface area is 217 Å². The zero-order valence-corrected chi connectivity index (χ0v) is 23.0. The van der Waals surface area contributed by atoms with Gasteiger partial charge in [-0.3, -0.25) is 4.98 Å². The molecular weight excluding hydrogens is 510 g/mol. The summed E-state index contributed by atoms with van der Waals surface area (Å²) in [4.78, 5) is 17.4. The molecule has 1 fully saturated rings. The monoisotopic (exact) mass is 547 g/mol. The average molecular weight is 549 g/mol. The normalized spacial score (nSPS) is 15.0. The van der Waals surface area contributed by atoms with E-state index in [4.69, 9.17) is 23.9 Å². The van der Waals surface area contributed by atoms with Crippen LogP contribution in [0.25, 0.3) is 0 Å². The molecule has 1 aliphatic carbocycles. The number of methoxy groups -OCH3 is 1. The maximum absolute atomic E-state index is 12.3. The van der Waals surface area contributed by atoms with Crippen molar-refractivity contribution in [1.82, 2.24) is 4.98 Å². The van der Waals surface area contributed by atoms with Crippen molar-refractivity contribution >= 4 is 21.9 Å². The Hall–Kier alpha value is -2.12. The van der Waals surface area contributed by atoms with Crippen molar-refractivity contribution < 1.29 is 23.7 Å². The molecular formula is C28H38BrNO5. The second-order valence-corrected chi connectivity index (χ2v) is 9.91. The second-order valence-electron chi connectivity index (χ2n) is 9.12. The Kier molecular flexibility index (Phi) is 10.9.